The summed E-state index contributed by atoms with van der Waals surface area (Å²) in [6.07, 6.45) is 2.99. The van der Waals surface area contributed by atoms with Crippen LogP contribution in [0.15, 0.2) is 40.1 Å². The third-order valence-electron chi connectivity index (χ3n) is 5.14. The van der Waals surface area contributed by atoms with Crippen LogP contribution in [0.25, 0.3) is 0 Å². The average molecular weight is 468 g/mol. The van der Waals surface area contributed by atoms with Crippen LogP contribution in [0.4, 0.5) is 4.39 Å². The van der Waals surface area contributed by atoms with Gasteiger partial charge in [0.25, 0.3) is 5.56 Å². The highest BCUT2D eigenvalue weighted by molar-refractivity contribution is 7.49. The van der Waals surface area contributed by atoms with Crippen LogP contribution in [0.1, 0.15) is 17.5 Å². The van der Waals surface area contributed by atoms with Gasteiger partial charge in [0.15, 0.2) is 0 Å². The lowest BCUT2D eigenvalue weighted by Crippen LogP contribution is -2.56. The third kappa shape index (κ3) is 3.90. The highest BCUT2D eigenvalue weighted by Gasteiger charge is 2.63. The normalized spacial score (nSPS) is 31.4. The maximum atomic E-state index is 15.8. The van der Waals surface area contributed by atoms with Crippen molar-refractivity contribution in [3.63, 3.8) is 0 Å². The van der Waals surface area contributed by atoms with Crippen molar-refractivity contribution in [2.45, 2.75) is 36.0 Å². The molecule has 0 spiro atoms. The Morgan fingerprint density at radius 3 is 2.79 bits per heavy atom. The number of halogens is 1. The summed E-state index contributed by atoms with van der Waals surface area (Å²) in [4.78, 5) is 25.8. The number of terminal acetylenes is 1. The molecule has 33 heavy (non-hydrogen) atoms. The van der Waals surface area contributed by atoms with Gasteiger partial charge in [0.2, 0.25) is 5.85 Å². The second-order valence-corrected chi connectivity index (χ2v) is 8.94. The van der Waals surface area contributed by atoms with E-state index in [1.807, 2.05) is 10.9 Å². The standard InChI is InChI=1S/C18H13B3FN2O8P/c1-2-10-8-24(15(27)23-14(10)26)17(19)13(25)7-16(22,31-17)18(20,21)32-33(28)29-9-11-5-3-4-6-12(11)30-33/h1,3-6,8,13,25H,7,9H2,(H,23,26,27)/t13-,16+,17+,33?/m1/s1. The number of fused-ring (bicyclic) bond motifs is 1. The zero-order valence-electron chi connectivity index (χ0n) is 16.8. The van der Waals surface area contributed by atoms with Crippen LogP contribution in [0.2, 0.25) is 0 Å². The number of phosphoric acid groups is 1. The summed E-state index contributed by atoms with van der Waals surface area (Å²) in [6, 6.07) is 6.39. The lowest BCUT2D eigenvalue weighted by atomic mass is 9.60. The number of phosphoric ester groups is 1. The summed E-state index contributed by atoms with van der Waals surface area (Å²) in [7, 11) is 12.9. The van der Waals surface area contributed by atoms with Crippen LogP contribution < -0.4 is 15.8 Å². The molecular formula is C18H13B3FN2O8P. The van der Waals surface area contributed by atoms with Gasteiger partial charge in [0, 0.05) is 18.2 Å². The average Bonchev–Trinajstić information content (AvgIpc) is 2.97. The van der Waals surface area contributed by atoms with Crippen molar-refractivity contribution < 1.29 is 32.4 Å². The second-order valence-electron chi connectivity index (χ2n) is 7.42. The van der Waals surface area contributed by atoms with Gasteiger partial charge >= 0.3 is 13.5 Å². The Morgan fingerprint density at radius 1 is 1.39 bits per heavy atom. The fourth-order valence-electron chi connectivity index (χ4n) is 3.35. The topological polar surface area (TPSA) is 129 Å². The first kappa shape index (κ1) is 23.6. The van der Waals surface area contributed by atoms with Crippen molar-refractivity contribution in [2.24, 2.45) is 0 Å². The molecule has 1 fully saturated rings. The number of hydrogen-bond acceptors (Lipinski definition) is 8. The lowest BCUT2D eigenvalue weighted by molar-refractivity contribution is -0.219. The molecule has 2 N–H and O–H groups in total. The van der Waals surface area contributed by atoms with E-state index >= 15 is 4.39 Å². The minimum absolute atomic E-state index is 0.137. The van der Waals surface area contributed by atoms with E-state index in [9.17, 15) is 19.3 Å². The first-order valence-electron chi connectivity index (χ1n) is 9.32. The van der Waals surface area contributed by atoms with Gasteiger partial charge in [-0.2, -0.15) is 0 Å². The van der Waals surface area contributed by atoms with Gasteiger partial charge in [-0.25, -0.2) is 13.8 Å². The molecule has 4 rings (SSSR count). The Bertz CT molecular complexity index is 1330. The van der Waals surface area contributed by atoms with Crippen molar-refractivity contribution in [2.75, 3.05) is 0 Å². The summed E-state index contributed by atoms with van der Waals surface area (Å²) >= 11 is 0. The number of para-hydroxylation sites is 1. The number of rotatable bonds is 4. The van der Waals surface area contributed by atoms with Gasteiger partial charge in [-0.1, -0.05) is 24.1 Å². The maximum Gasteiger partial charge on any atom is 0.529 e. The summed E-state index contributed by atoms with van der Waals surface area (Å²) < 4.78 is 49.6. The molecule has 2 aromatic rings. The summed E-state index contributed by atoms with van der Waals surface area (Å²) in [6.45, 7) is -0.214. The molecule has 10 nitrogen and oxygen atoms in total. The lowest BCUT2D eigenvalue weighted by Gasteiger charge is -2.41. The van der Waals surface area contributed by atoms with E-state index in [4.69, 9.17) is 48.3 Å². The van der Waals surface area contributed by atoms with E-state index in [1.165, 1.54) is 6.07 Å². The largest absolute Gasteiger partial charge is 0.529 e. The quantitative estimate of drug-likeness (QED) is 0.349. The number of aliphatic hydroxyl groups excluding tert-OH is 1. The Kier molecular flexibility index (Phi) is 5.55. The zero-order chi connectivity index (χ0) is 24.2. The van der Waals surface area contributed by atoms with Gasteiger partial charge < -0.3 is 14.4 Å². The molecule has 2 aliphatic heterocycles. The summed E-state index contributed by atoms with van der Waals surface area (Å²) in [5.41, 5.74) is -4.54. The van der Waals surface area contributed by atoms with Gasteiger partial charge in [0.1, 0.15) is 40.5 Å². The molecule has 15 heteroatoms. The first-order valence-corrected chi connectivity index (χ1v) is 10.8. The van der Waals surface area contributed by atoms with E-state index < -0.39 is 48.5 Å². The van der Waals surface area contributed by atoms with Crippen molar-refractivity contribution in [1.29, 1.82) is 0 Å². The van der Waals surface area contributed by atoms with Crippen LogP contribution in [0.3, 0.4) is 0 Å². The van der Waals surface area contributed by atoms with Crippen LogP contribution in [0.5, 0.6) is 5.75 Å². The fourth-order valence-corrected chi connectivity index (χ4v) is 4.72. The van der Waals surface area contributed by atoms with E-state index in [0.29, 0.717) is 10.1 Å². The number of alkyl halides is 1. The summed E-state index contributed by atoms with van der Waals surface area (Å²) in [5, 5.41) is 7.41. The van der Waals surface area contributed by atoms with Gasteiger partial charge in [-0.05, 0) is 6.07 Å². The zero-order valence-corrected chi connectivity index (χ0v) is 17.7. The van der Waals surface area contributed by atoms with Crippen LogP contribution in [0, 0.1) is 12.3 Å². The van der Waals surface area contributed by atoms with Crippen molar-refractivity contribution in [3.8, 4) is 18.1 Å². The number of hydrogen-bond donors (Lipinski definition) is 2. The molecule has 0 bridgehead atoms. The molecule has 1 saturated heterocycles. The number of H-pyrrole nitrogens is 1. The first-order chi connectivity index (χ1) is 15.3. The Balaban J connectivity index is 1.65. The van der Waals surface area contributed by atoms with E-state index in [-0.39, 0.29) is 17.9 Å². The number of nitrogens with zero attached hydrogens (tertiary/aromatic N) is 1. The predicted octanol–water partition coefficient (Wildman–Crippen LogP) is -0.532. The van der Waals surface area contributed by atoms with Crippen LogP contribution in [-0.4, -0.2) is 55.6 Å². The fraction of sp³-hybridized carbons (Fsp3) is 0.333. The molecule has 164 valence electrons. The molecule has 2 aliphatic rings. The molecule has 0 aliphatic carbocycles. The molecule has 1 aromatic carbocycles. The van der Waals surface area contributed by atoms with Crippen LogP contribution in [-0.2, 0) is 30.6 Å². The monoisotopic (exact) mass is 468 g/mol. The minimum atomic E-state index is -4.56. The van der Waals surface area contributed by atoms with Gasteiger partial charge in [-0.3, -0.25) is 23.4 Å². The number of nitrogens with one attached hydrogen (secondary N) is 1. The SMILES string of the molecule is [B]C([B])(OP1(=O)OCc2ccccc2O1)[C@]1(F)C[C@@H](O)[C@]([B])(n2cc(C#C)c(=O)[nH]c2=O)O1. The van der Waals surface area contributed by atoms with E-state index in [0.717, 1.165) is 6.20 Å². The third-order valence-corrected chi connectivity index (χ3v) is 6.53. The summed E-state index contributed by atoms with van der Waals surface area (Å²) in [5.74, 6) is -1.19. The Morgan fingerprint density at radius 2 is 2.09 bits per heavy atom. The van der Waals surface area contributed by atoms with Crippen molar-refractivity contribution >= 4 is 31.4 Å². The van der Waals surface area contributed by atoms with Crippen molar-refractivity contribution in [3.05, 3.63) is 62.4 Å². The molecule has 1 unspecified atom stereocenters. The highest BCUT2D eigenvalue weighted by atomic mass is 31.2. The predicted molar refractivity (Wildman–Crippen MR) is 113 cm³/mol. The molecule has 0 saturated carbocycles. The van der Waals surface area contributed by atoms with E-state index in [1.54, 1.807) is 18.2 Å². The number of aromatic nitrogens is 2. The van der Waals surface area contributed by atoms with Crippen LogP contribution >= 0.6 is 7.82 Å². The van der Waals surface area contributed by atoms with Gasteiger partial charge in [-0.15, -0.1) is 6.42 Å². The number of benzene rings is 1. The molecule has 1 aromatic heterocycles. The van der Waals surface area contributed by atoms with E-state index in [2.05, 4.69) is 0 Å². The number of ether oxygens (including phenoxy) is 1. The number of aliphatic hydroxyl groups is 1. The molecule has 6 radical (unpaired) electrons. The molecule has 4 atom stereocenters. The minimum Gasteiger partial charge on any atom is -0.404 e. The maximum absolute atomic E-state index is 15.8. The molecule has 3 heterocycles. The second kappa shape index (κ2) is 7.76. The molecular weight excluding hydrogens is 455 g/mol. The highest BCUT2D eigenvalue weighted by Crippen LogP contribution is 2.59. The van der Waals surface area contributed by atoms with Crippen molar-refractivity contribution in [1.82, 2.24) is 9.55 Å². The number of aromatic amines is 1. The smallest absolute Gasteiger partial charge is 0.404 e. The molecule has 0 amide bonds. The van der Waals surface area contributed by atoms with Gasteiger partial charge in [0.05, 0.1) is 18.1 Å². The Labute approximate surface area is 190 Å². The Hall–Kier alpha value is -2.55.